The number of fused-ring (bicyclic) bond motifs is 1. The molecule has 1 aromatic carbocycles. The zero-order valence-electron chi connectivity index (χ0n) is 9.12. The number of aromatic nitrogens is 2. The van der Waals surface area contributed by atoms with Gasteiger partial charge in [-0.2, -0.15) is 0 Å². The number of benzene rings is 1. The molecule has 0 spiro atoms. The Labute approximate surface area is 102 Å². The normalized spacial score (nSPS) is 13.1. The van der Waals surface area contributed by atoms with Gasteiger partial charge in [0.1, 0.15) is 17.4 Å². The van der Waals surface area contributed by atoms with Gasteiger partial charge in [0.05, 0.1) is 11.1 Å². The SMILES string of the molecule is Cc1cccc2cc(C(O)c3cnns3)oc12. The second kappa shape index (κ2) is 3.94. The fourth-order valence-corrected chi connectivity index (χ4v) is 2.30. The van der Waals surface area contributed by atoms with Gasteiger partial charge in [0.25, 0.3) is 0 Å². The van der Waals surface area contributed by atoms with Crippen molar-refractivity contribution in [3.8, 4) is 0 Å². The lowest BCUT2D eigenvalue weighted by Crippen LogP contribution is -1.94. The summed E-state index contributed by atoms with van der Waals surface area (Å²) in [6.07, 6.45) is 0.761. The molecule has 0 amide bonds. The molecule has 2 aromatic heterocycles. The molecule has 3 rings (SSSR count). The maximum absolute atomic E-state index is 10.1. The lowest BCUT2D eigenvalue weighted by Gasteiger charge is -2.01. The molecule has 1 N–H and O–H groups in total. The molecule has 0 saturated carbocycles. The van der Waals surface area contributed by atoms with Gasteiger partial charge >= 0.3 is 0 Å². The van der Waals surface area contributed by atoms with E-state index in [1.807, 2.05) is 31.2 Å². The quantitative estimate of drug-likeness (QED) is 0.755. The molecular formula is C12H10N2O2S. The van der Waals surface area contributed by atoms with Gasteiger partial charge in [-0.1, -0.05) is 22.7 Å². The fourth-order valence-electron chi connectivity index (χ4n) is 1.80. The predicted molar refractivity (Wildman–Crippen MR) is 64.9 cm³/mol. The monoisotopic (exact) mass is 246 g/mol. The number of hydrogen-bond acceptors (Lipinski definition) is 5. The summed E-state index contributed by atoms with van der Waals surface area (Å²) in [6.45, 7) is 1.98. The van der Waals surface area contributed by atoms with Crippen molar-refractivity contribution in [2.75, 3.05) is 0 Å². The van der Waals surface area contributed by atoms with Crippen LogP contribution in [0.1, 0.15) is 22.3 Å². The second-order valence-electron chi connectivity index (χ2n) is 3.86. The van der Waals surface area contributed by atoms with Crippen molar-refractivity contribution in [1.29, 1.82) is 0 Å². The molecule has 0 saturated heterocycles. The van der Waals surface area contributed by atoms with Crippen LogP contribution in [0.25, 0.3) is 11.0 Å². The summed E-state index contributed by atoms with van der Waals surface area (Å²) in [4.78, 5) is 0.682. The lowest BCUT2D eigenvalue weighted by atomic mass is 10.1. The number of hydrogen-bond donors (Lipinski definition) is 1. The molecule has 0 bridgehead atoms. The Hall–Kier alpha value is -1.72. The maximum Gasteiger partial charge on any atom is 0.149 e. The summed E-state index contributed by atoms with van der Waals surface area (Å²) in [5.41, 5.74) is 1.88. The van der Waals surface area contributed by atoms with Gasteiger partial charge in [-0.05, 0) is 30.1 Å². The lowest BCUT2D eigenvalue weighted by molar-refractivity contribution is 0.195. The average Bonchev–Trinajstić information content (AvgIpc) is 2.98. The summed E-state index contributed by atoms with van der Waals surface area (Å²) in [7, 11) is 0. The summed E-state index contributed by atoms with van der Waals surface area (Å²) < 4.78 is 9.42. The molecule has 4 nitrogen and oxygen atoms in total. The van der Waals surface area contributed by atoms with E-state index < -0.39 is 6.10 Å². The number of para-hydroxylation sites is 1. The van der Waals surface area contributed by atoms with Crippen molar-refractivity contribution >= 4 is 22.5 Å². The number of aryl methyl sites for hydroxylation is 1. The van der Waals surface area contributed by atoms with Crippen molar-refractivity contribution in [2.24, 2.45) is 0 Å². The molecule has 0 aliphatic carbocycles. The van der Waals surface area contributed by atoms with Crippen molar-refractivity contribution in [3.63, 3.8) is 0 Å². The van der Waals surface area contributed by atoms with Crippen LogP contribution in [0.4, 0.5) is 0 Å². The topological polar surface area (TPSA) is 59.2 Å². The Bertz CT molecular complexity index is 646. The van der Waals surface area contributed by atoms with E-state index in [1.165, 1.54) is 11.5 Å². The van der Waals surface area contributed by atoms with Crippen LogP contribution in [0.5, 0.6) is 0 Å². The third-order valence-electron chi connectivity index (χ3n) is 2.68. The van der Waals surface area contributed by atoms with Crippen LogP contribution in [0.2, 0.25) is 0 Å². The van der Waals surface area contributed by atoms with E-state index in [0.717, 1.165) is 16.5 Å². The Balaban J connectivity index is 2.10. The van der Waals surface area contributed by atoms with E-state index in [-0.39, 0.29) is 0 Å². The van der Waals surface area contributed by atoms with Crippen LogP contribution < -0.4 is 0 Å². The smallest absolute Gasteiger partial charge is 0.149 e. The van der Waals surface area contributed by atoms with Crippen LogP contribution in [0, 0.1) is 6.92 Å². The van der Waals surface area contributed by atoms with E-state index in [2.05, 4.69) is 9.59 Å². The summed E-state index contributed by atoms with van der Waals surface area (Å²) in [6, 6.07) is 7.77. The minimum absolute atomic E-state index is 0.528. The Morgan fingerprint density at radius 3 is 3.00 bits per heavy atom. The van der Waals surface area contributed by atoms with Crippen LogP contribution in [-0.2, 0) is 0 Å². The minimum Gasteiger partial charge on any atom is -0.458 e. The molecule has 1 atom stereocenters. The third-order valence-corrected chi connectivity index (χ3v) is 3.39. The molecule has 2 heterocycles. The van der Waals surface area contributed by atoms with Gasteiger partial charge in [-0.15, -0.1) is 5.10 Å². The fraction of sp³-hybridized carbons (Fsp3) is 0.167. The number of nitrogens with zero attached hydrogens (tertiary/aromatic N) is 2. The predicted octanol–water partition coefficient (Wildman–Crippen LogP) is 2.67. The Kier molecular flexibility index (Phi) is 2.42. The van der Waals surface area contributed by atoms with Gasteiger partial charge in [-0.25, -0.2) is 0 Å². The first-order valence-corrected chi connectivity index (χ1v) is 5.97. The third kappa shape index (κ3) is 1.73. The van der Waals surface area contributed by atoms with E-state index >= 15 is 0 Å². The minimum atomic E-state index is -0.790. The molecule has 0 radical (unpaired) electrons. The van der Waals surface area contributed by atoms with E-state index in [0.29, 0.717) is 10.6 Å². The average molecular weight is 246 g/mol. The molecular weight excluding hydrogens is 236 g/mol. The largest absolute Gasteiger partial charge is 0.458 e. The van der Waals surface area contributed by atoms with Crippen molar-refractivity contribution in [2.45, 2.75) is 13.0 Å². The number of aliphatic hydroxyl groups excluding tert-OH is 1. The van der Waals surface area contributed by atoms with E-state index in [9.17, 15) is 5.11 Å². The van der Waals surface area contributed by atoms with E-state index in [1.54, 1.807) is 6.20 Å². The zero-order valence-corrected chi connectivity index (χ0v) is 9.94. The first-order valence-electron chi connectivity index (χ1n) is 5.20. The summed E-state index contributed by atoms with van der Waals surface area (Å²) >= 11 is 1.17. The van der Waals surface area contributed by atoms with Gasteiger partial charge in [0.15, 0.2) is 0 Å². The van der Waals surface area contributed by atoms with Gasteiger partial charge in [0.2, 0.25) is 0 Å². The van der Waals surface area contributed by atoms with Crippen LogP contribution >= 0.6 is 11.5 Å². The van der Waals surface area contributed by atoms with Crippen LogP contribution in [0.15, 0.2) is 34.9 Å². The number of rotatable bonds is 2. The number of furan rings is 1. The highest BCUT2D eigenvalue weighted by molar-refractivity contribution is 7.05. The highest BCUT2D eigenvalue weighted by atomic mass is 32.1. The zero-order chi connectivity index (χ0) is 11.8. The van der Waals surface area contributed by atoms with Crippen molar-refractivity contribution in [1.82, 2.24) is 9.59 Å². The first-order chi connectivity index (χ1) is 8.25. The molecule has 17 heavy (non-hydrogen) atoms. The highest BCUT2D eigenvalue weighted by Gasteiger charge is 2.18. The first kappa shape index (κ1) is 10.4. The van der Waals surface area contributed by atoms with Crippen molar-refractivity contribution in [3.05, 3.63) is 46.7 Å². The molecule has 0 fully saturated rings. The molecule has 86 valence electrons. The maximum atomic E-state index is 10.1. The molecule has 0 aliphatic rings. The van der Waals surface area contributed by atoms with Crippen LogP contribution in [0.3, 0.4) is 0 Å². The molecule has 3 aromatic rings. The molecule has 0 aliphatic heterocycles. The summed E-state index contributed by atoms with van der Waals surface area (Å²) in [5, 5.41) is 14.8. The Morgan fingerprint density at radius 1 is 1.41 bits per heavy atom. The Morgan fingerprint density at radius 2 is 2.29 bits per heavy atom. The van der Waals surface area contributed by atoms with Crippen LogP contribution in [-0.4, -0.2) is 14.7 Å². The molecule has 5 heteroatoms. The van der Waals surface area contributed by atoms with Gasteiger partial charge < -0.3 is 9.52 Å². The standard InChI is InChI=1S/C12H10N2O2S/c1-7-3-2-4-8-5-9(16-12(7)8)11(15)10-6-13-14-17-10/h2-6,11,15H,1H3. The van der Waals surface area contributed by atoms with E-state index in [4.69, 9.17) is 4.42 Å². The van der Waals surface area contributed by atoms with Gasteiger partial charge in [0, 0.05) is 5.39 Å². The summed E-state index contributed by atoms with van der Waals surface area (Å²) in [5.74, 6) is 0.528. The molecule has 1 unspecified atom stereocenters. The van der Waals surface area contributed by atoms with Gasteiger partial charge in [-0.3, -0.25) is 0 Å². The number of aliphatic hydroxyl groups is 1. The second-order valence-corrected chi connectivity index (χ2v) is 4.68. The van der Waals surface area contributed by atoms with Crippen molar-refractivity contribution < 1.29 is 9.52 Å². The highest BCUT2D eigenvalue weighted by Crippen LogP contribution is 2.30.